The quantitative estimate of drug-likeness (QED) is 0.794. The van der Waals surface area contributed by atoms with Crippen molar-refractivity contribution < 1.29 is 19.4 Å². The number of aliphatic hydroxyl groups excluding tert-OH is 1. The zero-order valence-corrected chi connectivity index (χ0v) is 16.7. The SMILES string of the molecule is COC(=O)[C@@]12C[C@@H]3C[C@H]([C@H](C)O)[C@@H]1N(CCc1c2[nH]c2ccc(OC)cc12)C3. The molecule has 1 unspecified atom stereocenters. The summed E-state index contributed by atoms with van der Waals surface area (Å²) in [4.78, 5) is 19.4. The maximum Gasteiger partial charge on any atom is 0.319 e. The van der Waals surface area contributed by atoms with E-state index in [0.29, 0.717) is 5.92 Å². The third kappa shape index (κ3) is 2.25. The topological polar surface area (TPSA) is 74.8 Å². The van der Waals surface area contributed by atoms with Gasteiger partial charge < -0.3 is 19.6 Å². The van der Waals surface area contributed by atoms with Crippen LogP contribution in [0.5, 0.6) is 5.75 Å². The van der Waals surface area contributed by atoms with E-state index in [-0.39, 0.29) is 17.9 Å². The Bertz CT molecular complexity index is 936. The summed E-state index contributed by atoms with van der Waals surface area (Å²) < 4.78 is 10.9. The molecular weight excluding hydrogens is 356 g/mol. The zero-order valence-electron chi connectivity index (χ0n) is 16.7. The Morgan fingerprint density at radius 1 is 1.39 bits per heavy atom. The van der Waals surface area contributed by atoms with Gasteiger partial charge in [0.15, 0.2) is 0 Å². The van der Waals surface area contributed by atoms with E-state index in [1.54, 1.807) is 7.11 Å². The molecule has 0 amide bonds. The van der Waals surface area contributed by atoms with E-state index in [1.807, 2.05) is 19.1 Å². The molecule has 4 heterocycles. The highest BCUT2D eigenvalue weighted by Crippen LogP contribution is 2.55. The molecule has 150 valence electrons. The minimum atomic E-state index is -0.754. The van der Waals surface area contributed by atoms with Crippen LogP contribution in [0.15, 0.2) is 18.2 Å². The number of ether oxygens (including phenoxy) is 2. The smallest absolute Gasteiger partial charge is 0.319 e. The van der Waals surface area contributed by atoms with E-state index in [2.05, 4.69) is 16.0 Å². The van der Waals surface area contributed by atoms with Gasteiger partial charge in [0.25, 0.3) is 0 Å². The number of aromatic nitrogens is 1. The van der Waals surface area contributed by atoms with Crippen LogP contribution in [-0.2, 0) is 21.4 Å². The van der Waals surface area contributed by atoms with E-state index in [4.69, 9.17) is 9.47 Å². The van der Waals surface area contributed by atoms with Crippen molar-refractivity contribution in [2.75, 3.05) is 27.3 Å². The maximum absolute atomic E-state index is 13.4. The number of H-pyrrole nitrogens is 1. The Morgan fingerprint density at radius 3 is 2.93 bits per heavy atom. The van der Waals surface area contributed by atoms with Gasteiger partial charge in [0, 0.05) is 41.6 Å². The second-order valence-corrected chi connectivity index (χ2v) is 8.75. The summed E-state index contributed by atoms with van der Waals surface area (Å²) in [6.45, 7) is 3.75. The molecule has 1 saturated carbocycles. The summed E-state index contributed by atoms with van der Waals surface area (Å²) in [6, 6.07) is 5.99. The fourth-order valence-corrected chi connectivity index (χ4v) is 6.38. The third-order valence-corrected chi connectivity index (χ3v) is 7.39. The Hall–Kier alpha value is -2.05. The second-order valence-electron chi connectivity index (χ2n) is 8.75. The molecular formula is C22H28N2O4. The Kier molecular flexibility index (Phi) is 4.00. The molecule has 1 aromatic carbocycles. The number of aliphatic hydroxyl groups is 1. The van der Waals surface area contributed by atoms with Crippen LogP contribution in [0.1, 0.15) is 31.0 Å². The number of aromatic amines is 1. The molecule has 2 saturated heterocycles. The molecule has 0 radical (unpaired) electrons. The molecule has 28 heavy (non-hydrogen) atoms. The summed E-state index contributed by atoms with van der Waals surface area (Å²) in [5, 5.41) is 11.7. The lowest BCUT2D eigenvalue weighted by Gasteiger charge is -2.58. The van der Waals surface area contributed by atoms with Crippen LogP contribution < -0.4 is 4.74 Å². The summed E-state index contributed by atoms with van der Waals surface area (Å²) in [5.74, 6) is 1.09. The van der Waals surface area contributed by atoms with Gasteiger partial charge in [-0.1, -0.05) is 0 Å². The predicted molar refractivity (Wildman–Crippen MR) is 106 cm³/mol. The van der Waals surface area contributed by atoms with E-state index in [1.165, 1.54) is 12.7 Å². The first-order valence-electron chi connectivity index (χ1n) is 10.2. The van der Waals surface area contributed by atoms with Crippen LogP contribution >= 0.6 is 0 Å². The molecule has 6 rings (SSSR count). The lowest BCUT2D eigenvalue weighted by Crippen LogP contribution is -2.68. The number of fused-ring (bicyclic) bond motifs is 4. The minimum Gasteiger partial charge on any atom is -0.497 e. The lowest BCUT2D eigenvalue weighted by molar-refractivity contribution is -0.166. The molecule has 2 aromatic rings. The highest BCUT2D eigenvalue weighted by molar-refractivity contribution is 5.92. The number of nitrogens with zero attached hydrogens (tertiary/aromatic N) is 1. The van der Waals surface area contributed by atoms with Gasteiger partial charge in [0.05, 0.1) is 20.3 Å². The van der Waals surface area contributed by atoms with Crippen molar-refractivity contribution in [2.24, 2.45) is 11.8 Å². The number of nitrogens with one attached hydrogen (secondary N) is 1. The van der Waals surface area contributed by atoms with Gasteiger partial charge >= 0.3 is 5.97 Å². The largest absolute Gasteiger partial charge is 0.497 e. The fraction of sp³-hybridized carbons (Fsp3) is 0.591. The van der Waals surface area contributed by atoms with E-state index in [9.17, 15) is 9.90 Å². The van der Waals surface area contributed by atoms with Gasteiger partial charge in [-0.3, -0.25) is 9.69 Å². The zero-order chi connectivity index (χ0) is 19.6. The fourth-order valence-electron chi connectivity index (χ4n) is 6.38. The molecule has 3 fully saturated rings. The molecule has 2 N–H and O–H groups in total. The van der Waals surface area contributed by atoms with Crippen LogP contribution in [-0.4, -0.2) is 60.4 Å². The average molecular weight is 384 g/mol. The molecule has 4 aliphatic rings. The minimum absolute atomic E-state index is 0.0406. The van der Waals surface area contributed by atoms with Crippen molar-refractivity contribution in [3.8, 4) is 5.75 Å². The van der Waals surface area contributed by atoms with E-state index >= 15 is 0 Å². The number of hydrogen-bond acceptors (Lipinski definition) is 5. The van der Waals surface area contributed by atoms with Crippen LogP contribution in [0.2, 0.25) is 0 Å². The maximum atomic E-state index is 13.4. The summed E-state index contributed by atoms with van der Waals surface area (Å²) in [5.41, 5.74) is 2.46. The molecule has 0 spiro atoms. The van der Waals surface area contributed by atoms with E-state index in [0.717, 1.165) is 54.7 Å². The second kappa shape index (κ2) is 6.22. The van der Waals surface area contributed by atoms with Crippen molar-refractivity contribution in [1.29, 1.82) is 0 Å². The summed E-state index contributed by atoms with van der Waals surface area (Å²) in [6.07, 6.45) is 2.17. The highest BCUT2D eigenvalue weighted by Gasteiger charge is 2.63. The molecule has 6 heteroatoms. The molecule has 6 atom stereocenters. The molecule has 1 aliphatic carbocycles. The van der Waals surface area contributed by atoms with Crippen LogP contribution in [0, 0.1) is 11.8 Å². The van der Waals surface area contributed by atoms with Gasteiger partial charge in [-0.15, -0.1) is 0 Å². The van der Waals surface area contributed by atoms with Gasteiger partial charge in [0.2, 0.25) is 0 Å². The number of hydrogen-bond donors (Lipinski definition) is 2. The molecule has 3 aliphatic heterocycles. The van der Waals surface area contributed by atoms with Crippen molar-refractivity contribution in [2.45, 2.75) is 43.7 Å². The van der Waals surface area contributed by atoms with Crippen LogP contribution in [0.25, 0.3) is 10.9 Å². The van der Waals surface area contributed by atoms with Crippen LogP contribution in [0.4, 0.5) is 0 Å². The Balaban J connectivity index is 1.78. The van der Waals surface area contributed by atoms with Gasteiger partial charge in [-0.25, -0.2) is 0 Å². The Morgan fingerprint density at radius 2 is 2.21 bits per heavy atom. The highest BCUT2D eigenvalue weighted by atomic mass is 16.5. The first kappa shape index (κ1) is 18.0. The lowest BCUT2D eigenvalue weighted by atomic mass is 9.56. The number of carbonyl (C=O) groups excluding carboxylic acids is 1. The van der Waals surface area contributed by atoms with E-state index < -0.39 is 11.5 Å². The third-order valence-electron chi connectivity index (χ3n) is 7.39. The number of carbonyl (C=O) groups is 1. The molecule has 1 aromatic heterocycles. The summed E-state index contributed by atoms with van der Waals surface area (Å²) >= 11 is 0. The number of benzene rings is 1. The molecule has 6 nitrogen and oxygen atoms in total. The predicted octanol–water partition coefficient (Wildman–Crippen LogP) is 2.23. The van der Waals surface area contributed by atoms with Crippen molar-refractivity contribution in [3.63, 3.8) is 0 Å². The van der Waals surface area contributed by atoms with Gasteiger partial charge in [-0.05, 0) is 55.9 Å². The number of methoxy groups -OCH3 is 2. The van der Waals surface area contributed by atoms with Crippen LogP contribution in [0.3, 0.4) is 0 Å². The Labute approximate surface area is 164 Å². The molecule has 4 bridgehead atoms. The van der Waals surface area contributed by atoms with Crippen molar-refractivity contribution in [3.05, 3.63) is 29.5 Å². The van der Waals surface area contributed by atoms with Crippen molar-refractivity contribution >= 4 is 16.9 Å². The monoisotopic (exact) mass is 384 g/mol. The van der Waals surface area contributed by atoms with Crippen molar-refractivity contribution in [1.82, 2.24) is 9.88 Å². The van der Waals surface area contributed by atoms with Gasteiger partial charge in [-0.2, -0.15) is 0 Å². The van der Waals surface area contributed by atoms with Gasteiger partial charge in [0.1, 0.15) is 11.2 Å². The summed E-state index contributed by atoms with van der Waals surface area (Å²) in [7, 11) is 3.16. The average Bonchev–Trinajstić information content (AvgIpc) is 3.04. The number of piperidine rings is 2. The first-order valence-corrected chi connectivity index (χ1v) is 10.2. The normalized spacial score (nSPS) is 34.6. The number of rotatable bonds is 3. The first-order chi connectivity index (χ1) is 13.5. The standard InChI is InChI=1S/C22H28N2O4/c1-12(25)16-8-13-10-22(21(26)28-3)19-15(6-7-24(11-13)20(16)22)17-9-14(27-2)4-5-18(17)23-19/h4-5,9,12-13,16,20,23,25H,6-8,10-11H2,1-3H3/t12-,13-,16+,20-,22+/m0/s1. The number of esters is 1.